The van der Waals surface area contributed by atoms with Gasteiger partial charge in [-0.25, -0.2) is 0 Å². The van der Waals surface area contributed by atoms with E-state index < -0.39 is 0 Å². The molecule has 5 nitrogen and oxygen atoms in total. The molecule has 0 bridgehead atoms. The van der Waals surface area contributed by atoms with Gasteiger partial charge in [-0.1, -0.05) is 41.9 Å². The van der Waals surface area contributed by atoms with E-state index in [1.54, 1.807) is 25.5 Å². The minimum Gasteiger partial charge on any atom is -0.493 e. The number of nitrogens with zero attached hydrogens (tertiary/aromatic N) is 1. The molecule has 0 saturated carbocycles. The molecule has 0 aliphatic carbocycles. The highest BCUT2D eigenvalue weighted by atomic mass is 35.5. The van der Waals surface area contributed by atoms with Gasteiger partial charge in [0.15, 0.2) is 16.6 Å². The summed E-state index contributed by atoms with van der Waals surface area (Å²) in [7, 11) is 1.57. The van der Waals surface area contributed by atoms with Crippen LogP contribution in [0, 0.1) is 0 Å². The lowest BCUT2D eigenvalue weighted by Crippen LogP contribution is -2.31. The Bertz CT molecular complexity index is 739. The van der Waals surface area contributed by atoms with E-state index in [1.165, 1.54) is 0 Å². The number of benzene rings is 2. The zero-order chi connectivity index (χ0) is 18.1. The van der Waals surface area contributed by atoms with Crippen LogP contribution in [0.4, 0.5) is 0 Å². The highest BCUT2D eigenvalue weighted by molar-refractivity contribution is 7.80. The fourth-order valence-corrected chi connectivity index (χ4v) is 2.52. The Morgan fingerprint density at radius 1 is 1.28 bits per heavy atom. The molecule has 0 aliphatic heterocycles. The SMILES string of the molecule is CCNC(=S)NN=Cc1cc(Cl)c(OCc2ccccc2)c(OC)c1. The zero-order valence-electron chi connectivity index (χ0n) is 14.1. The van der Waals surface area contributed by atoms with Crippen molar-refractivity contribution in [2.24, 2.45) is 5.10 Å². The van der Waals surface area contributed by atoms with Crippen LogP contribution in [0.2, 0.25) is 5.02 Å². The van der Waals surface area contributed by atoms with Gasteiger partial charge in [0.2, 0.25) is 0 Å². The van der Waals surface area contributed by atoms with E-state index in [0.717, 1.165) is 17.7 Å². The molecule has 0 fully saturated rings. The molecule has 0 heterocycles. The van der Waals surface area contributed by atoms with Gasteiger partial charge in [-0.3, -0.25) is 5.43 Å². The minimum absolute atomic E-state index is 0.406. The summed E-state index contributed by atoms with van der Waals surface area (Å²) in [6, 6.07) is 13.4. The van der Waals surface area contributed by atoms with Crippen molar-refractivity contribution in [1.29, 1.82) is 0 Å². The van der Waals surface area contributed by atoms with Crippen molar-refractivity contribution in [3.8, 4) is 11.5 Å². The first-order chi connectivity index (χ1) is 12.1. The summed E-state index contributed by atoms with van der Waals surface area (Å²) in [5.41, 5.74) is 4.54. The van der Waals surface area contributed by atoms with Gasteiger partial charge in [0.1, 0.15) is 6.61 Å². The maximum Gasteiger partial charge on any atom is 0.186 e. The fraction of sp³-hybridized carbons (Fsp3) is 0.222. The van der Waals surface area contributed by atoms with E-state index in [2.05, 4.69) is 15.8 Å². The van der Waals surface area contributed by atoms with E-state index in [-0.39, 0.29) is 0 Å². The number of halogens is 1. The van der Waals surface area contributed by atoms with Crippen molar-refractivity contribution in [3.63, 3.8) is 0 Å². The third kappa shape index (κ3) is 5.92. The van der Waals surface area contributed by atoms with Crippen molar-refractivity contribution in [3.05, 3.63) is 58.6 Å². The van der Waals surface area contributed by atoms with Crippen molar-refractivity contribution >= 4 is 35.1 Å². The Hall–Kier alpha value is -2.31. The average molecular weight is 378 g/mol. The van der Waals surface area contributed by atoms with Crippen molar-refractivity contribution in [2.45, 2.75) is 13.5 Å². The van der Waals surface area contributed by atoms with E-state index in [9.17, 15) is 0 Å². The molecule has 0 atom stereocenters. The molecule has 0 radical (unpaired) electrons. The predicted molar refractivity (Wildman–Crippen MR) is 106 cm³/mol. The van der Waals surface area contributed by atoms with Gasteiger partial charge in [-0.15, -0.1) is 0 Å². The number of rotatable bonds is 7. The third-order valence-electron chi connectivity index (χ3n) is 3.19. The number of hydrogen-bond donors (Lipinski definition) is 2. The summed E-state index contributed by atoms with van der Waals surface area (Å²) in [6.45, 7) is 3.09. The summed E-state index contributed by atoms with van der Waals surface area (Å²) < 4.78 is 11.2. The Labute approximate surface area is 158 Å². The highest BCUT2D eigenvalue weighted by Gasteiger charge is 2.12. The summed E-state index contributed by atoms with van der Waals surface area (Å²) in [6.07, 6.45) is 1.61. The fourth-order valence-electron chi connectivity index (χ4n) is 2.05. The average Bonchev–Trinajstić information content (AvgIpc) is 2.61. The second-order valence-electron chi connectivity index (χ2n) is 5.04. The molecule has 0 aromatic heterocycles. The lowest BCUT2D eigenvalue weighted by atomic mass is 10.2. The van der Waals surface area contributed by atoms with Crippen LogP contribution >= 0.6 is 23.8 Å². The predicted octanol–water partition coefficient (Wildman–Crippen LogP) is 3.75. The molecule has 7 heteroatoms. The topological polar surface area (TPSA) is 54.9 Å². The molecule has 0 spiro atoms. The number of thiocarbonyl (C=S) groups is 1. The number of methoxy groups -OCH3 is 1. The minimum atomic E-state index is 0.406. The van der Waals surface area contributed by atoms with Crippen LogP contribution in [0.1, 0.15) is 18.1 Å². The van der Waals surface area contributed by atoms with Crippen LogP contribution in [-0.4, -0.2) is 25.0 Å². The maximum atomic E-state index is 6.35. The molecule has 0 amide bonds. The Morgan fingerprint density at radius 3 is 2.72 bits per heavy atom. The van der Waals surface area contributed by atoms with Gasteiger partial charge in [-0.05, 0) is 42.4 Å². The molecule has 0 unspecified atom stereocenters. The van der Waals surface area contributed by atoms with Crippen molar-refractivity contribution in [1.82, 2.24) is 10.7 Å². The molecule has 2 rings (SSSR count). The number of nitrogens with one attached hydrogen (secondary N) is 2. The Balaban J connectivity index is 2.09. The van der Waals surface area contributed by atoms with E-state index in [0.29, 0.717) is 28.2 Å². The van der Waals surface area contributed by atoms with E-state index >= 15 is 0 Å². The van der Waals surface area contributed by atoms with E-state index in [1.807, 2.05) is 37.3 Å². The summed E-state index contributed by atoms with van der Waals surface area (Å²) in [5.74, 6) is 1.04. The summed E-state index contributed by atoms with van der Waals surface area (Å²) in [4.78, 5) is 0. The Kier molecular flexibility index (Phi) is 7.50. The molecule has 2 aromatic rings. The van der Waals surface area contributed by atoms with Gasteiger partial charge in [0.05, 0.1) is 18.3 Å². The quantitative estimate of drug-likeness (QED) is 0.437. The van der Waals surface area contributed by atoms with Crippen LogP contribution < -0.4 is 20.2 Å². The van der Waals surface area contributed by atoms with Gasteiger partial charge in [0, 0.05) is 6.54 Å². The third-order valence-corrected chi connectivity index (χ3v) is 3.71. The molecule has 0 saturated heterocycles. The molecule has 0 aliphatic rings. The van der Waals surface area contributed by atoms with Crippen LogP contribution in [0.3, 0.4) is 0 Å². The highest BCUT2D eigenvalue weighted by Crippen LogP contribution is 2.36. The second-order valence-corrected chi connectivity index (χ2v) is 5.85. The standard InChI is InChI=1S/C18H20ClN3O2S/c1-3-20-18(25)22-21-11-14-9-15(19)17(16(10-14)23-2)24-12-13-7-5-4-6-8-13/h4-11H,3,12H2,1-2H3,(H2,20,22,25). The molecule has 2 aromatic carbocycles. The lowest BCUT2D eigenvalue weighted by Gasteiger charge is -2.13. The van der Waals surface area contributed by atoms with Crippen LogP contribution in [0.15, 0.2) is 47.6 Å². The monoisotopic (exact) mass is 377 g/mol. The molecule has 132 valence electrons. The van der Waals surface area contributed by atoms with Gasteiger partial charge in [0.25, 0.3) is 0 Å². The first-order valence-electron chi connectivity index (χ1n) is 7.75. The first kappa shape index (κ1) is 19.0. The van der Waals surface area contributed by atoms with Crippen molar-refractivity contribution in [2.75, 3.05) is 13.7 Å². The summed E-state index contributed by atoms with van der Waals surface area (Å²) in [5, 5.41) is 7.92. The van der Waals surface area contributed by atoms with Crippen LogP contribution in [0.25, 0.3) is 0 Å². The molecule has 25 heavy (non-hydrogen) atoms. The number of hydrogen-bond acceptors (Lipinski definition) is 4. The second kappa shape index (κ2) is 9.86. The Morgan fingerprint density at radius 2 is 2.04 bits per heavy atom. The molecular weight excluding hydrogens is 358 g/mol. The number of ether oxygens (including phenoxy) is 2. The maximum absolute atomic E-state index is 6.35. The van der Waals surface area contributed by atoms with Gasteiger partial charge >= 0.3 is 0 Å². The first-order valence-corrected chi connectivity index (χ1v) is 8.53. The van der Waals surface area contributed by atoms with Crippen molar-refractivity contribution < 1.29 is 9.47 Å². The lowest BCUT2D eigenvalue weighted by molar-refractivity contribution is 0.284. The largest absolute Gasteiger partial charge is 0.493 e. The van der Waals surface area contributed by atoms with Crippen LogP contribution in [0.5, 0.6) is 11.5 Å². The normalized spacial score (nSPS) is 10.5. The summed E-state index contributed by atoms with van der Waals surface area (Å²) >= 11 is 11.4. The van der Waals surface area contributed by atoms with E-state index in [4.69, 9.17) is 33.3 Å². The molecule has 2 N–H and O–H groups in total. The van der Waals surface area contributed by atoms with Gasteiger partial charge in [-0.2, -0.15) is 5.10 Å². The zero-order valence-corrected chi connectivity index (χ0v) is 15.7. The molecular formula is C18H20ClN3O2S. The smallest absolute Gasteiger partial charge is 0.186 e. The van der Waals surface area contributed by atoms with Gasteiger partial charge < -0.3 is 14.8 Å². The number of hydrazone groups is 1. The van der Waals surface area contributed by atoms with Crippen LogP contribution in [-0.2, 0) is 6.61 Å².